The summed E-state index contributed by atoms with van der Waals surface area (Å²) in [5.41, 5.74) is -0.188. The van der Waals surface area contributed by atoms with Crippen molar-refractivity contribution in [3.63, 3.8) is 0 Å². The maximum atomic E-state index is 5.35. The van der Waals surface area contributed by atoms with Crippen LogP contribution >= 0.6 is 11.8 Å². The number of nitrogens with one attached hydrogen (secondary N) is 2. The van der Waals surface area contributed by atoms with Crippen molar-refractivity contribution in [3.8, 4) is 0 Å². The molecule has 102 valence electrons. The molecular weight excluding hydrogens is 234 g/mol. The average Bonchev–Trinajstić information content (AvgIpc) is 2.29. The topological polar surface area (TPSA) is 45.7 Å². The number of hydrogen-bond acceptors (Lipinski definition) is 3. The summed E-state index contributed by atoms with van der Waals surface area (Å²) in [6.45, 7) is 10.1. The van der Waals surface area contributed by atoms with E-state index in [0.29, 0.717) is 0 Å². The fourth-order valence-corrected chi connectivity index (χ4v) is 1.17. The minimum Gasteiger partial charge on any atom is -0.377 e. The number of methoxy groups -OCH3 is 1. The molecule has 0 aliphatic carbocycles. The van der Waals surface area contributed by atoms with Gasteiger partial charge in [0.15, 0.2) is 5.96 Å². The van der Waals surface area contributed by atoms with Crippen molar-refractivity contribution in [2.75, 3.05) is 33.5 Å². The zero-order valence-electron chi connectivity index (χ0n) is 12.2. The maximum Gasteiger partial charge on any atom is 0.191 e. The number of thioether (sulfide) groups is 1. The number of aliphatic imine (C=N–C) groups is 1. The van der Waals surface area contributed by atoms with E-state index in [1.807, 2.05) is 25.6 Å². The molecule has 4 nitrogen and oxygen atoms in total. The van der Waals surface area contributed by atoms with Crippen LogP contribution in [-0.2, 0) is 4.74 Å². The van der Waals surface area contributed by atoms with Gasteiger partial charge in [0, 0.05) is 32.0 Å². The largest absolute Gasteiger partial charge is 0.377 e. The molecule has 0 atom stereocenters. The van der Waals surface area contributed by atoms with Crippen LogP contribution in [-0.4, -0.2) is 49.8 Å². The van der Waals surface area contributed by atoms with E-state index in [0.717, 1.165) is 19.0 Å². The predicted octanol–water partition coefficient (Wildman–Crippen LogP) is 1.72. The lowest BCUT2D eigenvalue weighted by Gasteiger charge is -2.27. The molecule has 0 fully saturated rings. The SMILES string of the molecule is CN=C(NCC(C)(C)OC)NCC(C)(C)SC. The van der Waals surface area contributed by atoms with Crippen LogP contribution in [0.5, 0.6) is 0 Å². The highest BCUT2D eigenvalue weighted by atomic mass is 32.2. The first kappa shape index (κ1) is 16.6. The molecule has 5 heteroatoms. The third-order valence-electron chi connectivity index (χ3n) is 2.69. The summed E-state index contributed by atoms with van der Waals surface area (Å²) in [6.07, 6.45) is 2.12. The first-order valence-electron chi connectivity index (χ1n) is 5.81. The minimum absolute atomic E-state index is 0.188. The van der Waals surface area contributed by atoms with Gasteiger partial charge in [0.2, 0.25) is 0 Å². The van der Waals surface area contributed by atoms with E-state index < -0.39 is 0 Å². The van der Waals surface area contributed by atoms with Gasteiger partial charge in [-0.1, -0.05) is 0 Å². The standard InChI is InChI=1S/C12H27N3OS/c1-11(2,16-6)8-14-10(13-5)15-9-12(3,4)17-7/h8-9H2,1-7H3,(H2,13,14,15). The predicted molar refractivity (Wildman–Crippen MR) is 78.0 cm³/mol. The molecule has 0 aromatic carbocycles. The summed E-state index contributed by atoms with van der Waals surface area (Å²) >= 11 is 1.84. The molecule has 0 saturated heterocycles. The van der Waals surface area contributed by atoms with Gasteiger partial charge in [-0.15, -0.1) is 0 Å². The maximum absolute atomic E-state index is 5.35. The third-order valence-corrected chi connectivity index (χ3v) is 3.94. The smallest absolute Gasteiger partial charge is 0.191 e. The average molecular weight is 261 g/mol. The Morgan fingerprint density at radius 3 is 2.12 bits per heavy atom. The van der Waals surface area contributed by atoms with Gasteiger partial charge >= 0.3 is 0 Å². The molecule has 0 bridgehead atoms. The Morgan fingerprint density at radius 2 is 1.71 bits per heavy atom. The number of nitrogens with zero attached hydrogens (tertiary/aromatic N) is 1. The first-order valence-corrected chi connectivity index (χ1v) is 7.03. The minimum atomic E-state index is -0.188. The highest BCUT2D eigenvalue weighted by Gasteiger charge is 2.18. The first-order chi connectivity index (χ1) is 7.76. The van der Waals surface area contributed by atoms with E-state index in [4.69, 9.17) is 4.74 Å². The lowest BCUT2D eigenvalue weighted by Crippen LogP contribution is -2.48. The van der Waals surface area contributed by atoms with E-state index in [-0.39, 0.29) is 10.3 Å². The van der Waals surface area contributed by atoms with E-state index in [2.05, 4.69) is 35.7 Å². The second-order valence-corrected chi connectivity index (χ2v) is 6.72. The zero-order chi connectivity index (χ0) is 13.5. The van der Waals surface area contributed by atoms with Gasteiger partial charge in [-0.3, -0.25) is 4.99 Å². The zero-order valence-corrected chi connectivity index (χ0v) is 13.0. The van der Waals surface area contributed by atoms with Gasteiger partial charge in [-0.25, -0.2) is 0 Å². The lowest BCUT2D eigenvalue weighted by atomic mass is 10.1. The third kappa shape index (κ3) is 7.49. The van der Waals surface area contributed by atoms with Crippen molar-refractivity contribution in [1.29, 1.82) is 0 Å². The van der Waals surface area contributed by atoms with Crippen LogP contribution in [0.4, 0.5) is 0 Å². The number of guanidine groups is 1. The Labute approximate surface area is 110 Å². The molecular formula is C12H27N3OS. The van der Waals surface area contributed by atoms with Crippen LogP contribution in [0.2, 0.25) is 0 Å². The monoisotopic (exact) mass is 261 g/mol. The molecule has 0 aliphatic heterocycles. The Morgan fingerprint density at radius 1 is 1.18 bits per heavy atom. The molecule has 0 aliphatic rings. The van der Waals surface area contributed by atoms with E-state index in [1.165, 1.54) is 0 Å². The highest BCUT2D eigenvalue weighted by molar-refractivity contribution is 7.99. The van der Waals surface area contributed by atoms with Crippen molar-refractivity contribution >= 4 is 17.7 Å². The quantitative estimate of drug-likeness (QED) is 0.564. The molecule has 0 unspecified atom stereocenters. The Hall–Kier alpha value is -0.420. The summed E-state index contributed by atoms with van der Waals surface area (Å²) in [7, 11) is 3.50. The fourth-order valence-electron chi connectivity index (χ4n) is 0.958. The molecule has 0 aromatic heterocycles. The fraction of sp³-hybridized carbons (Fsp3) is 0.917. The summed E-state index contributed by atoms with van der Waals surface area (Å²) in [6, 6.07) is 0. The van der Waals surface area contributed by atoms with E-state index in [1.54, 1.807) is 14.2 Å². The molecule has 0 amide bonds. The van der Waals surface area contributed by atoms with E-state index >= 15 is 0 Å². The number of hydrogen-bond donors (Lipinski definition) is 2. The summed E-state index contributed by atoms with van der Waals surface area (Å²) in [4.78, 5) is 4.19. The van der Waals surface area contributed by atoms with Gasteiger partial charge < -0.3 is 15.4 Å². The molecule has 0 saturated carbocycles. The van der Waals surface area contributed by atoms with Crippen LogP contribution in [0.3, 0.4) is 0 Å². The molecule has 0 spiro atoms. The van der Waals surface area contributed by atoms with Crippen LogP contribution in [0.25, 0.3) is 0 Å². The molecule has 2 N–H and O–H groups in total. The van der Waals surface area contributed by atoms with Gasteiger partial charge in [-0.05, 0) is 34.0 Å². The van der Waals surface area contributed by atoms with E-state index in [9.17, 15) is 0 Å². The number of rotatable bonds is 6. The van der Waals surface area contributed by atoms with Gasteiger partial charge in [-0.2, -0.15) is 11.8 Å². The Kier molecular flexibility index (Phi) is 6.94. The van der Waals surface area contributed by atoms with Crippen LogP contribution < -0.4 is 10.6 Å². The second-order valence-electron chi connectivity index (χ2n) is 5.21. The van der Waals surface area contributed by atoms with Crippen molar-refractivity contribution < 1.29 is 4.74 Å². The Bertz CT molecular complexity index is 230. The summed E-state index contributed by atoms with van der Waals surface area (Å²) in [5.74, 6) is 0.817. The molecule has 0 aromatic rings. The second kappa shape index (κ2) is 7.11. The van der Waals surface area contributed by atoms with Crippen molar-refractivity contribution in [3.05, 3.63) is 0 Å². The van der Waals surface area contributed by atoms with Gasteiger partial charge in [0.05, 0.1) is 5.60 Å². The Balaban J connectivity index is 4.12. The number of ether oxygens (including phenoxy) is 1. The van der Waals surface area contributed by atoms with Gasteiger partial charge in [0.25, 0.3) is 0 Å². The summed E-state index contributed by atoms with van der Waals surface area (Å²) < 4.78 is 5.55. The molecule has 17 heavy (non-hydrogen) atoms. The summed E-state index contributed by atoms with van der Waals surface area (Å²) in [5, 5.41) is 6.58. The van der Waals surface area contributed by atoms with Crippen molar-refractivity contribution in [2.24, 2.45) is 4.99 Å². The van der Waals surface area contributed by atoms with Crippen LogP contribution in [0, 0.1) is 0 Å². The van der Waals surface area contributed by atoms with Crippen molar-refractivity contribution in [1.82, 2.24) is 10.6 Å². The highest BCUT2D eigenvalue weighted by Crippen LogP contribution is 2.19. The van der Waals surface area contributed by atoms with Crippen molar-refractivity contribution in [2.45, 2.75) is 38.0 Å². The van der Waals surface area contributed by atoms with Crippen LogP contribution in [0.1, 0.15) is 27.7 Å². The molecule has 0 radical (unpaired) electrons. The van der Waals surface area contributed by atoms with Gasteiger partial charge in [0.1, 0.15) is 0 Å². The normalized spacial score (nSPS) is 13.7. The lowest BCUT2D eigenvalue weighted by molar-refractivity contribution is 0.0268. The molecule has 0 heterocycles. The molecule has 0 rings (SSSR count). The van der Waals surface area contributed by atoms with Crippen LogP contribution in [0.15, 0.2) is 4.99 Å².